The van der Waals surface area contributed by atoms with Crippen LogP contribution in [0, 0.1) is 11.3 Å². The molecule has 1 heterocycles. The molecule has 0 aromatic rings. The summed E-state index contributed by atoms with van der Waals surface area (Å²) < 4.78 is 5.12. The minimum absolute atomic E-state index is 0.0789. The summed E-state index contributed by atoms with van der Waals surface area (Å²) in [4.78, 5) is 11.9. The third kappa shape index (κ3) is 3.46. The summed E-state index contributed by atoms with van der Waals surface area (Å²) in [7, 11) is 0. The van der Waals surface area contributed by atoms with Gasteiger partial charge in [-0.25, -0.2) is 0 Å². The van der Waals surface area contributed by atoms with Crippen LogP contribution in [0.15, 0.2) is 0 Å². The Morgan fingerprint density at radius 1 is 1.37 bits per heavy atom. The van der Waals surface area contributed by atoms with Gasteiger partial charge in [0.2, 0.25) is 0 Å². The quantitative estimate of drug-likeness (QED) is 0.791. The standard InChI is InChI=1S/C15H27NO2S/c1-5-18-13(17)12-10-19-15(16-12)8-6-11(7-9-15)14(2,3)4/h11-12,16H,5-10H2,1-4H3/t11?,12-,15?/m0/s1. The van der Waals surface area contributed by atoms with E-state index in [-0.39, 0.29) is 16.9 Å². The SMILES string of the molecule is CCOC(=O)[C@@H]1CSC2(CCC(C(C)(C)C)CC2)N1. The molecule has 1 aliphatic heterocycles. The summed E-state index contributed by atoms with van der Waals surface area (Å²) >= 11 is 1.93. The third-order valence-electron chi connectivity index (χ3n) is 4.55. The van der Waals surface area contributed by atoms with Gasteiger partial charge >= 0.3 is 5.97 Å². The highest BCUT2D eigenvalue weighted by Crippen LogP contribution is 2.48. The molecule has 0 radical (unpaired) electrons. The molecule has 2 fully saturated rings. The van der Waals surface area contributed by atoms with E-state index in [1.807, 2.05) is 18.7 Å². The Bertz CT molecular complexity index is 330. The minimum Gasteiger partial charge on any atom is -0.465 e. The van der Waals surface area contributed by atoms with E-state index in [4.69, 9.17) is 4.74 Å². The highest BCUT2D eigenvalue weighted by Gasteiger charge is 2.45. The second kappa shape index (κ2) is 5.65. The van der Waals surface area contributed by atoms with E-state index < -0.39 is 0 Å². The zero-order valence-electron chi connectivity index (χ0n) is 12.6. The summed E-state index contributed by atoms with van der Waals surface area (Å²) in [6.45, 7) is 9.36. The van der Waals surface area contributed by atoms with Crippen LogP contribution in [0.2, 0.25) is 0 Å². The van der Waals surface area contributed by atoms with Crippen LogP contribution in [0.4, 0.5) is 0 Å². The van der Waals surface area contributed by atoms with Crippen molar-refractivity contribution >= 4 is 17.7 Å². The summed E-state index contributed by atoms with van der Waals surface area (Å²) in [6.07, 6.45) is 4.88. The Morgan fingerprint density at radius 3 is 2.53 bits per heavy atom. The summed E-state index contributed by atoms with van der Waals surface area (Å²) in [6, 6.07) is -0.101. The maximum Gasteiger partial charge on any atom is 0.324 e. The zero-order valence-corrected chi connectivity index (χ0v) is 13.4. The van der Waals surface area contributed by atoms with Crippen molar-refractivity contribution in [1.29, 1.82) is 0 Å². The number of thioether (sulfide) groups is 1. The van der Waals surface area contributed by atoms with Crippen molar-refractivity contribution in [2.75, 3.05) is 12.4 Å². The van der Waals surface area contributed by atoms with Gasteiger partial charge < -0.3 is 4.74 Å². The van der Waals surface area contributed by atoms with E-state index in [0.717, 1.165) is 11.7 Å². The van der Waals surface area contributed by atoms with Crippen LogP contribution in [0.25, 0.3) is 0 Å². The number of hydrogen-bond donors (Lipinski definition) is 1. The molecular weight excluding hydrogens is 258 g/mol. The number of carbonyl (C=O) groups is 1. The van der Waals surface area contributed by atoms with Gasteiger partial charge in [-0.2, -0.15) is 0 Å². The van der Waals surface area contributed by atoms with Crippen LogP contribution in [0.3, 0.4) is 0 Å². The van der Waals surface area contributed by atoms with Gasteiger partial charge in [0.05, 0.1) is 11.5 Å². The molecular formula is C15H27NO2S. The van der Waals surface area contributed by atoms with Crippen LogP contribution in [-0.4, -0.2) is 29.2 Å². The molecule has 1 spiro atoms. The maximum atomic E-state index is 11.8. The van der Waals surface area contributed by atoms with Gasteiger partial charge in [-0.3, -0.25) is 10.1 Å². The third-order valence-corrected chi connectivity index (χ3v) is 6.13. The number of rotatable bonds is 2. The average molecular weight is 285 g/mol. The Balaban J connectivity index is 1.89. The number of hydrogen-bond acceptors (Lipinski definition) is 4. The van der Waals surface area contributed by atoms with E-state index in [0.29, 0.717) is 12.0 Å². The maximum absolute atomic E-state index is 11.8. The van der Waals surface area contributed by atoms with Gasteiger partial charge in [0, 0.05) is 5.75 Å². The molecule has 1 saturated carbocycles. The average Bonchev–Trinajstić information content (AvgIpc) is 2.73. The van der Waals surface area contributed by atoms with E-state index in [2.05, 4.69) is 26.1 Å². The second-order valence-electron chi connectivity index (χ2n) is 6.89. The van der Waals surface area contributed by atoms with Crippen LogP contribution >= 0.6 is 11.8 Å². The first-order valence-corrected chi connectivity index (χ1v) is 8.43. The van der Waals surface area contributed by atoms with Gasteiger partial charge in [0.25, 0.3) is 0 Å². The fourth-order valence-corrected chi connectivity index (χ4v) is 4.71. The fraction of sp³-hybridized carbons (Fsp3) is 0.933. The van der Waals surface area contributed by atoms with Crippen molar-refractivity contribution in [3.05, 3.63) is 0 Å². The van der Waals surface area contributed by atoms with E-state index in [1.54, 1.807) is 0 Å². The molecule has 0 aromatic heterocycles. The molecule has 1 N–H and O–H groups in total. The highest BCUT2D eigenvalue weighted by atomic mass is 32.2. The fourth-order valence-electron chi connectivity index (χ4n) is 3.25. The Hall–Kier alpha value is -0.220. The van der Waals surface area contributed by atoms with Crippen LogP contribution in [0.1, 0.15) is 53.4 Å². The number of carbonyl (C=O) groups excluding carboxylic acids is 1. The van der Waals surface area contributed by atoms with Crippen molar-refractivity contribution in [3.8, 4) is 0 Å². The molecule has 110 valence electrons. The van der Waals surface area contributed by atoms with E-state index in [1.165, 1.54) is 25.7 Å². The van der Waals surface area contributed by atoms with Crippen LogP contribution in [-0.2, 0) is 9.53 Å². The van der Waals surface area contributed by atoms with Crippen molar-refractivity contribution in [1.82, 2.24) is 5.32 Å². The normalized spacial score (nSPS) is 35.6. The lowest BCUT2D eigenvalue weighted by Gasteiger charge is -2.42. The van der Waals surface area contributed by atoms with Gasteiger partial charge in [-0.05, 0) is 43.9 Å². The molecule has 2 rings (SSSR count). The minimum atomic E-state index is -0.101. The van der Waals surface area contributed by atoms with Gasteiger partial charge in [-0.15, -0.1) is 11.8 Å². The van der Waals surface area contributed by atoms with Gasteiger partial charge in [-0.1, -0.05) is 20.8 Å². The number of esters is 1. The molecule has 1 aliphatic carbocycles. The lowest BCUT2D eigenvalue weighted by Crippen LogP contribution is -2.48. The molecule has 0 amide bonds. The van der Waals surface area contributed by atoms with Crippen molar-refractivity contribution in [2.24, 2.45) is 11.3 Å². The molecule has 1 saturated heterocycles. The molecule has 2 aliphatic rings. The number of ether oxygens (including phenoxy) is 1. The first kappa shape index (κ1) is 15.2. The Labute approximate surface area is 121 Å². The lowest BCUT2D eigenvalue weighted by atomic mass is 9.71. The first-order chi connectivity index (χ1) is 8.86. The van der Waals surface area contributed by atoms with Gasteiger partial charge in [0.1, 0.15) is 6.04 Å². The molecule has 3 nitrogen and oxygen atoms in total. The topological polar surface area (TPSA) is 38.3 Å². The summed E-state index contributed by atoms with van der Waals surface area (Å²) in [5.74, 6) is 1.59. The van der Waals surface area contributed by atoms with Crippen molar-refractivity contribution in [3.63, 3.8) is 0 Å². The van der Waals surface area contributed by atoms with Crippen LogP contribution < -0.4 is 5.32 Å². The van der Waals surface area contributed by atoms with Crippen molar-refractivity contribution in [2.45, 2.75) is 64.3 Å². The molecule has 1 atom stereocenters. The second-order valence-corrected chi connectivity index (χ2v) is 8.30. The summed E-state index contributed by atoms with van der Waals surface area (Å²) in [5.41, 5.74) is 0.408. The largest absolute Gasteiger partial charge is 0.465 e. The predicted octanol–water partition coefficient (Wildman–Crippen LogP) is 3.19. The smallest absolute Gasteiger partial charge is 0.324 e. The monoisotopic (exact) mass is 285 g/mol. The highest BCUT2D eigenvalue weighted by molar-refractivity contribution is 8.00. The molecule has 19 heavy (non-hydrogen) atoms. The molecule has 0 bridgehead atoms. The first-order valence-electron chi connectivity index (χ1n) is 7.44. The Kier molecular flexibility index (Phi) is 4.51. The van der Waals surface area contributed by atoms with E-state index >= 15 is 0 Å². The van der Waals surface area contributed by atoms with Gasteiger partial charge in [0.15, 0.2) is 0 Å². The molecule has 4 heteroatoms. The number of nitrogens with one attached hydrogen (secondary N) is 1. The lowest BCUT2D eigenvalue weighted by molar-refractivity contribution is -0.145. The van der Waals surface area contributed by atoms with E-state index in [9.17, 15) is 4.79 Å². The molecule has 0 aromatic carbocycles. The van der Waals surface area contributed by atoms with Crippen molar-refractivity contribution < 1.29 is 9.53 Å². The van der Waals surface area contributed by atoms with Crippen LogP contribution in [0.5, 0.6) is 0 Å². The molecule has 0 unspecified atom stereocenters. The Morgan fingerprint density at radius 2 is 2.00 bits per heavy atom. The predicted molar refractivity (Wildman–Crippen MR) is 80.2 cm³/mol. The summed E-state index contributed by atoms with van der Waals surface area (Å²) in [5, 5.41) is 3.55. The zero-order chi connectivity index (χ0) is 14.1.